The van der Waals surface area contributed by atoms with Gasteiger partial charge in [0.1, 0.15) is 0 Å². The van der Waals surface area contributed by atoms with Crippen molar-refractivity contribution >= 4 is 44.9 Å². The number of nitrogens with zero attached hydrogens (tertiary/aromatic N) is 3. The summed E-state index contributed by atoms with van der Waals surface area (Å²) in [6, 6.07) is 23.6. The van der Waals surface area contributed by atoms with Gasteiger partial charge in [0.05, 0.1) is 18.1 Å². The number of hydrogen-bond acceptors (Lipinski definition) is 6. The molecule has 29 heavy (non-hydrogen) atoms. The summed E-state index contributed by atoms with van der Waals surface area (Å²) in [4.78, 5) is 12.5. The maximum absolute atomic E-state index is 12.5. The number of benzene rings is 3. The molecule has 4 aromatic rings. The lowest BCUT2D eigenvalue weighted by molar-refractivity contribution is -0.115. The first-order chi connectivity index (χ1) is 14.2. The van der Waals surface area contributed by atoms with Crippen LogP contribution in [0, 0.1) is 11.3 Å². The molecule has 1 N–H and O–H groups in total. The fourth-order valence-electron chi connectivity index (χ4n) is 2.92. The van der Waals surface area contributed by atoms with Gasteiger partial charge in [-0.15, -0.1) is 10.2 Å². The summed E-state index contributed by atoms with van der Waals surface area (Å²) in [5.74, 6) is 0.616. The van der Waals surface area contributed by atoms with Crippen molar-refractivity contribution in [2.45, 2.75) is 16.5 Å². The van der Waals surface area contributed by atoms with Gasteiger partial charge in [-0.1, -0.05) is 77.7 Å². The van der Waals surface area contributed by atoms with E-state index in [4.69, 9.17) is 5.26 Å². The van der Waals surface area contributed by atoms with Gasteiger partial charge < -0.3 is 5.32 Å². The number of fused-ring (bicyclic) bond motifs is 1. The normalized spacial score (nSPS) is 10.6. The largest absolute Gasteiger partial charge is 0.300 e. The average molecular weight is 417 g/mol. The number of thioether (sulfide) groups is 1. The summed E-state index contributed by atoms with van der Waals surface area (Å²) in [5.41, 5.74) is 2.73. The number of carbonyl (C=O) groups is 1. The number of rotatable bonds is 6. The Balaban J connectivity index is 1.35. The molecule has 0 saturated carbocycles. The highest BCUT2D eigenvalue weighted by Gasteiger charge is 2.11. The molecule has 0 unspecified atom stereocenters. The molecule has 0 spiro atoms. The summed E-state index contributed by atoms with van der Waals surface area (Å²) < 4.78 is 0.787. The van der Waals surface area contributed by atoms with Crippen LogP contribution in [-0.4, -0.2) is 16.1 Å². The molecule has 5 nitrogen and oxygen atoms in total. The smallest absolute Gasteiger partial charge is 0.230 e. The van der Waals surface area contributed by atoms with Crippen molar-refractivity contribution in [1.82, 2.24) is 10.2 Å². The number of anilines is 1. The number of nitrogens with one attached hydrogen (secondary N) is 1. The number of hydrogen-bond donors (Lipinski definition) is 1. The van der Waals surface area contributed by atoms with Gasteiger partial charge in [0.2, 0.25) is 11.0 Å². The second-order valence-electron chi connectivity index (χ2n) is 6.33. The lowest BCUT2D eigenvalue weighted by Gasteiger charge is -2.06. The third-order valence-electron chi connectivity index (χ3n) is 4.33. The third-order valence-corrected chi connectivity index (χ3v) is 6.37. The molecule has 1 amide bonds. The highest BCUT2D eigenvalue weighted by Crippen LogP contribution is 2.28. The summed E-state index contributed by atoms with van der Waals surface area (Å²) in [5, 5.41) is 22.6. The van der Waals surface area contributed by atoms with Gasteiger partial charge in [-0.2, -0.15) is 5.26 Å². The lowest BCUT2D eigenvalue weighted by atomic mass is 10.0. The zero-order valence-electron chi connectivity index (χ0n) is 15.3. The molecular weight excluding hydrogens is 400 g/mol. The molecule has 0 aliphatic rings. The number of carbonyl (C=O) groups excluding carboxylic acids is 1. The summed E-state index contributed by atoms with van der Waals surface area (Å²) in [7, 11) is 0. The monoisotopic (exact) mass is 416 g/mol. The van der Waals surface area contributed by atoms with E-state index in [0.29, 0.717) is 10.7 Å². The van der Waals surface area contributed by atoms with Gasteiger partial charge in [-0.3, -0.25) is 4.79 Å². The van der Waals surface area contributed by atoms with Crippen LogP contribution in [0.25, 0.3) is 10.8 Å². The Kier molecular flexibility index (Phi) is 5.84. The van der Waals surface area contributed by atoms with E-state index in [9.17, 15) is 4.79 Å². The quantitative estimate of drug-likeness (QED) is 0.352. The van der Waals surface area contributed by atoms with Gasteiger partial charge in [-0.25, -0.2) is 0 Å². The van der Waals surface area contributed by atoms with Crippen molar-refractivity contribution in [3.05, 3.63) is 83.4 Å². The molecule has 0 saturated heterocycles. The first kappa shape index (κ1) is 19.1. The summed E-state index contributed by atoms with van der Waals surface area (Å²) in [6.07, 6.45) is 0.286. The maximum atomic E-state index is 12.5. The Morgan fingerprint density at radius 3 is 2.66 bits per heavy atom. The van der Waals surface area contributed by atoms with Crippen molar-refractivity contribution in [2.24, 2.45) is 0 Å². The molecule has 0 atom stereocenters. The van der Waals surface area contributed by atoms with Crippen molar-refractivity contribution in [3.63, 3.8) is 0 Å². The van der Waals surface area contributed by atoms with Crippen LogP contribution in [0.2, 0.25) is 0 Å². The Morgan fingerprint density at radius 1 is 1.03 bits per heavy atom. The Labute approximate surface area is 176 Å². The Morgan fingerprint density at radius 2 is 1.83 bits per heavy atom. The van der Waals surface area contributed by atoms with Crippen LogP contribution in [0.15, 0.2) is 71.1 Å². The van der Waals surface area contributed by atoms with Crippen LogP contribution in [0.1, 0.15) is 16.7 Å². The van der Waals surface area contributed by atoms with Crippen LogP contribution in [0.3, 0.4) is 0 Å². The minimum atomic E-state index is -0.110. The molecule has 1 heterocycles. The van der Waals surface area contributed by atoms with Crippen LogP contribution in [0.5, 0.6) is 0 Å². The van der Waals surface area contributed by atoms with Crippen molar-refractivity contribution < 1.29 is 4.79 Å². The number of aromatic nitrogens is 2. The predicted octanol–water partition coefficient (Wildman–Crippen LogP) is 5.04. The second-order valence-corrected chi connectivity index (χ2v) is 8.53. The first-order valence-electron chi connectivity index (χ1n) is 8.93. The van der Waals surface area contributed by atoms with E-state index in [1.54, 1.807) is 23.9 Å². The molecule has 1 aromatic heterocycles. The molecule has 7 heteroatoms. The van der Waals surface area contributed by atoms with E-state index in [-0.39, 0.29) is 12.3 Å². The zero-order valence-corrected chi connectivity index (χ0v) is 17.0. The minimum absolute atomic E-state index is 0.110. The molecule has 0 aliphatic heterocycles. The molecule has 3 aromatic carbocycles. The van der Waals surface area contributed by atoms with E-state index in [2.05, 4.69) is 21.6 Å². The Hall–Kier alpha value is -3.21. The SMILES string of the molecule is N#Cc1ccc(CSc2nnc(NC(=O)Cc3cccc4ccccc34)s2)cc1. The molecule has 0 bridgehead atoms. The lowest BCUT2D eigenvalue weighted by Crippen LogP contribution is -2.14. The van der Waals surface area contributed by atoms with E-state index in [0.717, 1.165) is 32.0 Å². The zero-order chi connectivity index (χ0) is 20.1. The van der Waals surface area contributed by atoms with Gasteiger partial charge >= 0.3 is 0 Å². The summed E-state index contributed by atoms with van der Waals surface area (Å²) >= 11 is 2.91. The van der Waals surface area contributed by atoms with Crippen LogP contribution < -0.4 is 5.32 Å². The predicted molar refractivity (Wildman–Crippen MR) is 117 cm³/mol. The standard InChI is InChI=1S/C22H16N4OS2/c23-13-15-8-10-16(11-9-15)14-28-22-26-25-21(29-22)24-20(27)12-18-6-3-5-17-4-1-2-7-19(17)18/h1-11H,12,14H2,(H,24,25,27). The molecule has 0 radical (unpaired) electrons. The highest BCUT2D eigenvalue weighted by molar-refractivity contribution is 8.00. The summed E-state index contributed by atoms with van der Waals surface area (Å²) in [6.45, 7) is 0. The van der Waals surface area contributed by atoms with Gasteiger partial charge in [0, 0.05) is 5.75 Å². The minimum Gasteiger partial charge on any atom is -0.300 e. The van der Waals surface area contributed by atoms with Crippen LogP contribution in [0.4, 0.5) is 5.13 Å². The van der Waals surface area contributed by atoms with Gasteiger partial charge in [0.15, 0.2) is 4.34 Å². The molecule has 0 fully saturated rings. The van der Waals surface area contributed by atoms with E-state index < -0.39 is 0 Å². The van der Waals surface area contributed by atoms with Gasteiger partial charge in [-0.05, 0) is 34.0 Å². The van der Waals surface area contributed by atoms with Crippen molar-refractivity contribution in [3.8, 4) is 6.07 Å². The van der Waals surface area contributed by atoms with Crippen molar-refractivity contribution in [2.75, 3.05) is 5.32 Å². The molecule has 0 aliphatic carbocycles. The van der Waals surface area contributed by atoms with E-state index >= 15 is 0 Å². The van der Waals surface area contributed by atoms with Crippen LogP contribution in [-0.2, 0) is 17.0 Å². The van der Waals surface area contributed by atoms with Gasteiger partial charge in [0.25, 0.3) is 0 Å². The molecule has 142 valence electrons. The average Bonchev–Trinajstić information content (AvgIpc) is 3.20. The molecule has 4 rings (SSSR count). The fourth-order valence-corrected chi connectivity index (χ4v) is 4.65. The van der Waals surface area contributed by atoms with E-state index in [1.807, 2.05) is 54.6 Å². The fraction of sp³-hybridized carbons (Fsp3) is 0.0909. The molecular formula is C22H16N4OS2. The first-order valence-corrected chi connectivity index (χ1v) is 10.7. The Bertz CT molecular complexity index is 1190. The third kappa shape index (κ3) is 4.80. The van der Waals surface area contributed by atoms with Crippen molar-refractivity contribution in [1.29, 1.82) is 5.26 Å². The highest BCUT2D eigenvalue weighted by atomic mass is 32.2. The van der Waals surface area contributed by atoms with Crippen LogP contribution >= 0.6 is 23.1 Å². The number of nitriles is 1. The number of amides is 1. The van der Waals surface area contributed by atoms with E-state index in [1.165, 1.54) is 11.3 Å². The topological polar surface area (TPSA) is 78.7 Å². The maximum Gasteiger partial charge on any atom is 0.230 e. The second kappa shape index (κ2) is 8.86.